The van der Waals surface area contributed by atoms with E-state index in [1.165, 1.54) is 12.1 Å². The van der Waals surface area contributed by atoms with Crippen molar-refractivity contribution in [3.05, 3.63) is 23.8 Å². The van der Waals surface area contributed by atoms with Crippen LogP contribution in [0.5, 0.6) is 5.75 Å². The number of carbonyl (C=O) groups excluding carboxylic acids is 2. The number of benzene rings is 1. The molecule has 10 heteroatoms. The first-order valence-corrected chi connectivity index (χ1v) is 10.2. The molecule has 174 valence electrons. The van der Waals surface area contributed by atoms with Gasteiger partial charge in [-0.2, -0.15) is 13.2 Å². The van der Waals surface area contributed by atoms with E-state index in [-0.39, 0.29) is 41.5 Å². The molecule has 0 aromatic heterocycles. The number of amides is 2. The molecule has 0 bridgehead atoms. The molecule has 1 aromatic rings. The maximum Gasteiger partial charge on any atom is 0.389 e. The maximum atomic E-state index is 13.2. The Morgan fingerprint density at radius 3 is 2.65 bits per heavy atom. The molecule has 2 rings (SSSR count). The number of carbonyl (C=O) groups is 2. The van der Waals surface area contributed by atoms with E-state index in [4.69, 9.17) is 4.74 Å². The highest BCUT2D eigenvalue weighted by Crippen LogP contribution is 2.35. The SMILES string of the molecule is C[C@H](CO)N1C[C@H](C)[C@@H](CN(C)C)Oc2c(NC(=O)CCC(F)(F)F)cccc2C1=O. The molecule has 1 aliphatic rings. The Morgan fingerprint density at radius 1 is 1.39 bits per heavy atom. The second-order valence-corrected chi connectivity index (χ2v) is 8.23. The third kappa shape index (κ3) is 6.83. The van der Waals surface area contributed by atoms with Crippen molar-refractivity contribution in [1.29, 1.82) is 0 Å². The molecule has 31 heavy (non-hydrogen) atoms. The van der Waals surface area contributed by atoms with E-state index < -0.39 is 31.0 Å². The molecular formula is C21H30F3N3O4. The lowest BCUT2D eigenvalue weighted by molar-refractivity contribution is -0.142. The number of aliphatic hydroxyl groups excluding tert-OH is 1. The summed E-state index contributed by atoms with van der Waals surface area (Å²) in [6.07, 6.45) is -6.77. The Kier molecular flexibility index (Phi) is 8.30. The second kappa shape index (κ2) is 10.3. The van der Waals surface area contributed by atoms with Crippen LogP contribution in [0.15, 0.2) is 18.2 Å². The number of rotatable bonds is 7. The first-order valence-electron chi connectivity index (χ1n) is 10.2. The Bertz CT molecular complexity index is 786. The van der Waals surface area contributed by atoms with Crippen molar-refractivity contribution in [2.45, 2.75) is 45.0 Å². The van der Waals surface area contributed by atoms with Crippen LogP contribution in [0, 0.1) is 5.92 Å². The van der Waals surface area contributed by atoms with Crippen LogP contribution in [-0.2, 0) is 4.79 Å². The van der Waals surface area contributed by atoms with Gasteiger partial charge in [0.25, 0.3) is 5.91 Å². The Morgan fingerprint density at radius 2 is 2.06 bits per heavy atom. The van der Waals surface area contributed by atoms with Crippen molar-refractivity contribution in [3.63, 3.8) is 0 Å². The van der Waals surface area contributed by atoms with Gasteiger partial charge in [0, 0.05) is 25.4 Å². The number of alkyl halides is 3. The number of nitrogens with zero attached hydrogens (tertiary/aromatic N) is 2. The summed E-state index contributed by atoms with van der Waals surface area (Å²) in [6, 6.07) is 4.14. The van der Waals surface area contributed by atoms with Crippen LogP contribution in [0.4, 0.5) is 18.9 Å². The van der Waals surface area contributed by atoms with Crippen molar-refractivity contribution in [1.82, 2.24) is 9.80 Å². The highest BCUT2D eigenvalue weighted by atomic mass is 19.4. The lowest BCUT2D eigenvalue weighted by Crippen LogP contribution is -2.49. The molecule has 2 N–H and O–H groups in total. The minimum atomic E-state index is -4.44. The molecule has 3 atom stereocenters. The summed E-state index contributed by atoms with van der Waals surface area (Å²) in [4.78, 5) is 28.8. The zero-order valence-corrected chi connectivity index (χ0v) is 18.2. The highest BCUT2D eigenvalue weighted by molar-refractivity contribution is 6.01. The first-order chi connectivity index (χ1) is 14.4. The van der Waals surface area contributed by atoms with E-state index in [1.54, 1.807) is 17.9 Å². The van der Waals surface area contributed by atoms with Crippen LogP contribution in [0.25, 0.3) is 0 Å². The smallest absolute Gasteiger partial charge is 0.389 e. The van der Waals surface area contributed by atoms with Gasteiger partial charge in [0.15, 0.2) is 5.75 Å². The number of para-hydroxylation sites is 1. The van der Waals surface area contributed by atoms with E-state index in [0.717, 1.165) is 0 Å². The molecule has 0 fully saturated rings. The average molecular weight is 445 g/mol. The molecule has 0 aliphatic carbocycles. The van der Waals surface area contributed by atoms with Crippen molar-refractivity contribution in [3.8, 4) is 5.75 Å². The number of aliphatic hydroxyl groups is 1. The quantitative estimate of drug-likeness (QED) is 0.675. The van der Waals surface area contributed by atoms with Crippen LogP contribution in [-0.4, -0.2) is 78.8 Å². The van der Waals surface area contributed by atoms with Crippen LogP contribution >= 0.6 is 0 Å². The monoisotopic (exact) mass is 445 g/mol. The van der Waals surface area contributed by atoms with Gasteiger partial charge in [-0.1, -0.05) is 13.0 Å². The Labute approximate surface area is 180 Å². The van der Waals surface area contributed by atoms with Gasteiger partial charge in [0.05, 0.1) is 30.3 Å². The normalized spacial score (nSPS) is 20.5. The summed E-state index contributed by atoms with van der Waals surface area (Å²) in [6.45, 7) is 4.32. The summed E-state index contributed by atoms with van der Waals surface area (Å²) in [7, 11) is 3.75. The third-order valence-electron chi connectivity index (χ3n) is 5.15. The molecule has 1 aromatic carbocycles. The van der Waals surface area contributed by atoms with Gasteiger partial charge in [-0.3, -0.25) is 9.59 Å². The summed E-state index contributed by atoms with van der Waals surface area (Å²) in [5, 5.41) is 12.1. The summed E-state index contributed by atoms with van der Waals surface area (Å²) in [5.74, 6) is -1.18. The second-order valence-electron chi connectivity index (χ2n) is 8.23. The first kappa shape index (κ1) is 24.9. The predicted molar refractivity (Wildman–Crippen MR) is 110 cm³/mol. The lowest BCUT2D eigenvalue weighted by atomic mass is 9.99. The number of ether oxygens (including phenoxy) is 1. The Hall–Kier alpha value is -2.33. The molecule has 0 spiro atoms. The van der Waals surface area contributed by atoms with Crippen LogP contribution in [0.3, 0.4) is 0 Å². The standard InChI is InChI=1S/C21H30F3N3O4/c1-13-10-27(14(2)12-28)20(30)15-6-5-7-16(19(15)31-17(13)11-26(3)4)25-18(29)8-9-21(22,23)24/h5-7,13-14,17,28H,8-12H2,1-4H3,(H,25,29)/t13-,14+,17+/m0/s1. The van der Waals surface area contributed by atoms with Crippen LogP contribution < -0.4 is 10.1 Å². The van der Waals surface area contributed by atoms with Gasteiger partial charge in [-0.15, -0.1) is 0 Å². The summed E-state index contributed by atoms with van der Waals surface area (Å²) < 4.78 is 43.6. The van der Waals surface area contributed by atoms with Gasteiger partial charge in [0.1, 0.15) is 6.10 Å². The number of fused-ring (bicyclic) bond motifs is 1. The van der Waals surface area contributed by atoms with Gasteiger partial charge < -0.3 is 25.0 Å². The molecule has 0 unspecified atom stereocenters. The van der Waals surface area contributed by atoms with E-state index in [1.807, 2.05) is 25.9 Å². The number of anilines is 1. The summed E-state index contributed by atoms with van der Waals surface area (Å²) >= 11 is 0. The molecule has 7 nitrogen and oxygen atoms in total. The average Bonchev–Trinajstić information content (AvgIpc) is 2.68. The van der Waals surface area contributed by atoms with Crippen LogP contribution in [0.2, 0.25) is 0 Å². The molecule has 0 saturated carbocycles. The minimum absolute atomic E-state index is 0.109. The van der Waals surface area contributed by atoms with Gasteiger partial charge in [-0.25, -0.2) is 0 Å². The predicted octanol–water partition coefficient (Wildman–Crippen LogP) is 2.75. The minimum Gasteiger partial charge on any atom is -0.486 e. The lowest BCUT2D eigenvalue weighted by Gasteiger charge is -2.38. The van der Waals surface area contributed by atoms with Crippen molar-refractivity contribution in [2.24, 2.45) is 5.92 Å². The van der Waals surface area contributed by atoms with Gasteiger partial charge >= 0.3 is 6.18 Å². The fourth-order valence-electron chi connectivity index (χ4n) is 3.39. The molecule has 0 radical (unpaired) electrons. The molecule has 2 amide bonds. The Balaban J connectivity index is 2.43. The summed E-state index contributed by atoms with van der Waals surface area (Å²) in [5.41, 5.74) is 0.331. The molecule has 1 heterocycles. The highest BCUT2D eigenvalue weighted by Gasteiger charge is 2.34. The number of nitrogens with one attached hydrogen (secondary N) is 1. The van der Waals surface area contributed by atoms with Crippen molar-refractivity contribution < 1.29 is 32.6 Å². The molecule has 1 aliphatic heterocycles. The number of hydrogen-bond donors (Lipinski definition) is 2. The van der Waals surface area contributed by atoms with Crippen LogP contribution in [0.1, 0.15) is 37.0 Å². The maximum absolute atomic E-state index is 13.2. The zero-order valence-electron chi connectivity index (χ0n) is 18.2. The number of likely N-dealkylation sites (N-methyl/N-ethyl adjacent to an activating group) is 1. The van der Waals surface area contributed by atoms with Gasteiger partial charge in [0.2, 0.25) is 5.91 Å². The van der Waals surface area contributed by atoms with E-state index in [2.05, 4.69) is 5.32 Å². The van der Waals surface area contributed by atoms with Crippen molar-refractivity contribution >= 4 is 17.5 Å². The topological polar surface area (TPSA) is 82.1 Å². The zero-order chi connectivity index (χ0) is 23.3. The fourth-order valence-corrected chi connectivity index (χ4v) is 3.39. The number of halogens is 3. The van der Waals surface area contributed by atoms with Crippen molar-refractivity contribution in [2.75, 3.05) is 39.1 Å². The van der Waals surface area contributed by atoms with E-state index >= 15 is 0 Å². The van der Waals surface area contributed by atoms with E-state index in [9.17, 15) is 27.9 Å². The number of hydrogen-bond acceptors (Lipinski definition) is 5. The molecule has 0 saturated heterocycles. The fraction of sp³-hybridized carbons (Fsp3) is 0.619. The molecular weight excluding hydrogens is 415 g/mol. The largest absolute Gasteiger partial charge is 0.486 e. The van der Waals surface area contributed by atoms with Gasteiger partial charge in [-0.05, 0) is 33.2 Å². The third-order valence-corrected chi connectivity index (χ3v) is 5.15. The van der Waals surface area contributed by atoms with E-state index in [0.29, 0.717) is 13.1 Å².